The lowest BCUT2D eigenvalue weighted by atomic mass is 10.1. The van der Waals surface area contributed by atoms with Crippen LogP contribution in [0.2, 0.25) is 0 Å². The maximum atomic E-state index is 11.1. The van der Waals surface area contributed by atoms with Crippen LogP contribution in [0.1, 0.15) is 29.3 Å². The van der Waals surface area contributed by atoms with Crippen LogP contribution in [-0.2, 0) is 5.75 Å². The maximum absolute atomic E-state index is 11.1. The number of carboxylic acid groups (broad SMARTS) is 1. The van der Waals surface area contributed by atoms with Crippen LogP contribution in [0.4, 0.5) is 5.69 Å². The first-order valence-corrected chi connectivity index (χ1v) is 6.44. The Labute approximate surface area is 105 Å². The molecule has 0 saturated heterocycles. The van der Waals surface area contributed by atoms with E-state index in [1.54, 1.807) is 30.0 Å². The van der Waals surface area contributed by atoms with E-state index in [1.165, 1.54) is 0 Å². The van der Waals surface area contributed by atoms with Gasteiger partial charge in [-0.25, -0.2) is 4.79 Å². The van der Waals surface area contributed by atoms with Crippen molar-refractivity contribution >= 4 is 23.4 Å². The van der Waals surface area contributed by atoms with Gasteiger partial charge >= 0.3 is 5.97 Å². The monoisotopic (exact) mass is 255 g/mol. The number of aliphatic hydroxyl groups excluding tert-OH is 1. The third kappa shape index (κ3) is 3.94. The number of hydrogen-bond donors (Lipinski definition) is 3. The van der Waals surface area contributed by atoms with Crippen molar-refractivity contribution in [3.05, 3.63) is 29.3 Å². The summed E-state index contributed by atoms with van der Waals surface area (Å²) in [6.07, 6.45) is 0.704. The van der Waals surface area contributed by atoms with Gasteiger partial charge < -0.3 is 15.9 Å². The number of nitrogens with two attached hydrogens (primary N) is 1. The van der Waals surface area contributed by atoms with E-state index in [-0.39, 0.29) is 12.2 Å². The second kappa shape index (κ2) is 6.51. The first kappa shape index (κ1) is 13.9. The first-order valence-electron chi connectivity index (χ1n) is 5.39. The molecule has 0 amide bonds. The van der Waals surface area contributed by atoms with Crippen LogP contribution >= 0.6 is 11.8 Å². The van der Waals surface area contributed by atoms with Crippen LogP contribution in [0.25, 0.3) is 0 Å². The van der Waals surface area contributed by atoms with Crippen molar-refractivity contribution in [3.63, 3.8) is 0 Å². The smallest absolute Gasteiger partial charge is 0.338 e. The predicted octanol–water partition coefficient (Wildman–Crippen LogP) is 1.97. The number of aliphatic hydroxyl groups is 1. The normalized spacial score (nSPS) is 12.4. The molecule has 0 fully saturated rings. The summed E-state index contributed by atoms with van der Waals surface area (Å²) in [6.45, 7) is 2.16. The van der Waals surface area contributed by atoms with E-state index in [0.29, 0.717) is 23.1 Å². The van der Waals surface area contributed by atoms with Crippen molar-refractivity contribution in [2.24, 2.45) is 0 Å². The molecule has 0 spiro atoms. The molecule has 0 radical (unpaired) electrons. The third-order valence-corrected chi connectivity index (χ3v) is 3.74. The van der Waals surface area contributed by atoms with Crippen molar-refractivity contribution in [2.45, 2.75) is 24.3 Å². The van der Waals surface area contributed by atoms with Crippen LogP contribution in [-0.4, -0.2) is 28.0 Å². The fourth-order valence-corrected chi connectivity index (χ4v) is 2.47. The zero-order chi connectivity index (χ0) is 12.8. The van der Waals surface area contributed by atoms with E-state index in [4.69, 9.17) is 15.9 Å². The summed E-state index contributed by atoms with van der Waals surface area (Å²) in [7, 11) is 0. The number of anilines is 1. The highest BCUT2D eigenvalue weighted by Crippen LogP contribution is 2.25. The second-order valence-corrected chi connectivity index (χ2v) is 5.25. The predicted molar refractivity (Wildman–Crippen MR) is 70.3 cm³/mol. The average molecular weight is 255 g/mol. The molecule has 1 unspecified atom stereocenters. The molecule has 0 aliphatic rings. The Bertz CT molecular complexity index is 395. The highest BCUT2D eigenvalue weighted by atomic mass is 32.2. The Hall–Kier alpha value is -1.20. The molecule has 1 aromatic rings. The molecule has 4 nitrogen and oxygen atoms in total. The lowest BCUT2D eigenvalue weighted by molar-refractivity contribution is 0.0697. The van der Waals surface area contributed by atoms with Gasteiger partial charge in [0, 0.05) is 23.3 Å². The largest absolute Gasteiger partial charge is 0.478 e. The lowest BCUT2D eigenvalue weighted by Crippen LogP contribution is -2.07. The Morgan fingerprint density at radius 3 is 2.82 bits per heavy atom. The number of hydrogen-bond acceptors (Lipinski definition) is 4. The zero-order valence-electron chi connectivity index (χ0n) is 9.72. The van der Waals surface area contributed by atoms with Gasteiger partial charge in [0.2, 0.25) is 0 Å². The Balaban J connectivity index is 2.77. The van der Waals surface area contributed by atoms with Crippen LogP contribution in [0, 0.1) is 0 Å². The van der Waals surface area contributed by atoms with E-state index in [9.17, 15) is 4.79 Å². The number of nitrogen functional groups attached to an aromatic ring is 1. The fraction of sp³-hybridized carbons (Fsp3) is 0.417. The Kier molecular flexibility index (Phi) is 5.31. The van der Waals surface area contributed by atoms with Crippen molar-refractivity contribution in [2.75, 3.05) is 12.3 Å². The van der Waals surface area contributed by atoms with Crippen LogP contribution < -0.4 is 5.73 Å². The number of carboxylic acids is 1. The molecule has 0 heterocycles. The average Bonchev–Trinajstić information content (AvgIpc) is 2.26. The van der Waals surface area contributed by atoms with Gasteiger partial charge in [0.25, 0.3) is 0 Å². The molecule has 1 atom stereocenters. The minimum Gasteiger partial charge on any atom is -0.478 e. The molecule has 0 saturated carbocycles. The molecular weight excluding hydrogens is 238 g/mol. The summed E-state index contributed by atoms with van der Waals surface area (Å²) >= 11 is 1.62. The van der Waals surface area contributed by atoms with Gasteiger partial charge in [-0.3, -0.25) is 0 Å². The fourth-order valence-electron chi connectivity index (χ4n) is 1.50. The topological polar surface area (TPSA) is 83.5 Å². The van der Waals surface area contributed by atoms with E-state index in [1.807, 2.05) is 6.92 Å². The highest BCUT2D eigenvalue weighted by molar-refractivity contribution is 7.99. The van der Waals surface area contributed by atoms with Crippen molar-refractivity contribution in [1.29, 1.82) is 0 Å². The van der Waals surface area contributed by atoms with E-state index in [0.717, 1.165) is 5.56 Å². The number of carbonyl (C=O) groups is 1. The van der Waals surface area contributed by atoms with Crippen LogP contribution in [0.3, 0.4) is 0 Å². The number of rotatable bonds is 6. The summed E-state index contributed by atoms with van der Waals surface area (Å²) in [4.78, 5) is 11.1. The van der Waals surface area contributed by atoms with E-state index in [2.05, 4.69) is 0 Å². The first-order chi connectivity index (χ1) is 8.06. The number of benzene rings is 1. The van der Waals surface area contributed by atoms with Crippen molar-refractivity contribution in [1.82, 2.24) is 0 Å². The van der Waals surface area contributed by atoms with Gasteiger partial charge in [0.05, 0.1) is 5.56 Å². The molecule has 1 aromatic carbocycles. The molecule has 0 aliphatic heterocycles. The van der Waals surface area contributed by atoms with E-state index >= 15 is 0 Å². The summed E-state index contributed by atoms with van der Waals surface area (Å²) in [5.74, 6) is -0.401. The van der Waals surface area contributed by atoms with Gasteiger partial charge in [0.15, 0.2) is 0 Å². The van der Waals surface area contributed by atoms with Crippen LogP contribution in [0.15, 0.2) is 18.2 Å². The van der Waals surface area contributed by atoms with Gasteiger partial charge in [-0.15, -0.1) is 0 Å². The molecule has 94 valence electrons. The maximum Gasteiger partial charge on any atom is 0.338 e. The van der Waals surface area contributed by atoms with Gasteiger partial charge in [0.1, 0.15) is 0 Å². The molecule has 4 N–H and O–H groups in total. The third-order valence-electron chi connectivity index (χ3n) is 2.46. The zero-order valence-corrected chi connectivity index (χ0v) is 10.5. The summed E-state index contributed by atoms with van der Waals surface area (Å²) in [6, 6.07) is 5.13. The van der Waals surface area contributed by atoms with E-state index < -0.39 is 5.97 Å². The molecular formula is C12H17NO3S. The highest BCUT2D eigenvalue weighted by Gasteiger charge is 2.14. The SMILES string of the molecule is CC(CCO)SCc1cccc(N)c1C(=O)O. The molecule has 5 heteroatoms. The second-order valence-electron chi connectivity index (χ2n) is 3.82. The lowest BCUT2D eigenvalue weighted by Gasteiger charge is -2.12. The summed E-state index contributed by atoms with van der Waals surface area (Å²) in [5.41, 5.74) is 6.87. The quantitative estimate of drug-likeness (QED) is 0.677. The standard InChI is InChI=1S/C12H17NO3S/c1-8(5-6-14)17-7-9-3-2-4-10(13)11(9)12(15)16/h2-4,8,14H,5-7,13H2,1H3,(H,15,16). The number of thioether (sulfide) groups is 1. The van der Waals surface area contributed by atoms with Crippen molar-refractivity contribution < 1.29 is 15.0 Å². The minimum absolute atomic E-state index is 0.150. The molecule has 0 aromatic heterocycles. The van der Waals surface area contributed by atoms with Crippen molar-refractivity contribution in [3.8, 4) is 0 Å². The van der Waals surface area contributed by atoms with Gasteiger partial charge in [-0.1, -0.05) is 19.1 Å². The van der Waals surface area contributed by atoms with Crippen LogP contribution in [0.5, 0.6) is 0 Å². The molecule has 1 rings (SSSR count). The molecule has 0 bridgehead atoms. The van der Waals surface area contributed by atoms with Gasteiger partial charge in [-0.05, 0) is 18.1 Å². The number of aromatic carboxylic acids is 1. The summed E-state index contributed by atoms with van der Waals surface area (Å²) < 4.78 is 0. The minimum atomic E-state index is -0.992. The summed E-state index contributed by atoms with van der Waals surface area (Å²) in [5, 5.41) is 18.2. The Morgan fingerprint density at radius 1 is 1.53 bits per heavy atom. The molecule has 17 heavy (non-hydrogen) atoms. The van der Waals surface area contributed by atoms with Gasteiger partial charge in [-0.2, -0.15) is 11.8 Å². The Morgan fingerprint density at radius 2 is 2.24 bits per heavy atom. The molecule has 0 aliphatic carbocycles.